The fourth-order valence-corrected chi connectivity index (χ4v) is 3.37. The van der Waals surface area contributed by atoms with Crippen LogP contribution in [0.15, 0.2) is 0 Å². The highest BCUT2D eigenvalue weighted by molar-refractivity contribution is 7.99. The van der Waals surface area contributed by atoms with Crippen LogP contribution in [0.25, 0.3) is 0 Å². The fraction of sp³-hybridized carbons (Fsp3) is 0.857. The Hall–Kier alpha value is -0.910. The van der Waals surface area contributed by atoms with Crippen molar-refractivity contribution < 1.29 is 14.7 Å². The Morgan fingerprint density at radius 2 is 2.15 bits per heavy atom. The molecule has 2 amide bonds. The standard InChI is InChI=1S/C14H26N2O3S/c1-4-10(2)16(9-13(17)18)14(19)15-11-6-5-7-12(8-11)20-3/h10-12H,4-9H2,1-3H3,(H,15,19)(H,17,18). The Balaban J connectivity index is 2.58. The van der Waals surface area contributed by atoms with Gasteiger partial charge in [0.1, 0.15) is 6.54 Å². The molecule has 1 rings (SSSR count). The first-order valence-electron chi connectivity index (χ1n) is 7.29. The molecule has 2 N–H and O–H groups in total. The molecule has 5 nitrogen and oxygen atoms in total. The molecule has 1 fully saturated rings. The topological polar surface area (TPSA) is 69.6 Å². The van der Waals surface area contributed by atoms with Gasteiger partial charge in [-0.2, -0.15) is 11.8 Å². The summed E-state index contributed by atoms with van der Waals surface area (Å²) in [6.07, 6.45) is 7.15. The van der Waals surface area contributed by atoms with Crippen molar-refractivity contribution >= 4 is 23.8 Å². The number of nitrogens with one attached hydrogen (secondary N) is 1. The molecule has 0 heterocycles. The second-order valence-electron chi connectivity index (χ2n) is 5.45. The molecule has 1 saturated carbocycles. The molecule has 0 spiro atoms. The van der Waals surface area contributed by atoms with Gasteiger partial charge in [-0.1, -0.05) is 13.3 Å². The summed E-state index contributed by atoms with van der Waals surface area (Å²) in [6, 6.07) is -0.131. The van der Waals surface area contributed by atoms with Crippen LogP contribution in [-0.4, -0.2) is 52.1 Å². The van der Waals surface area contributed by atoms with Gasteiger partial charge in [0.2, 0.25) is 0 Å². The predicted molar refractivity (Wildman–Crippen MR) is 82.2 cm³/mol. The molecule has 0 aromatic carbocycles. The van der Waals surface area contributed by atoms with Crippen LogP contribution in [0.4, 0.5) is 4.79 Å². The smallest absolute Gasteiger partial charge is 0.323 e. The van der Waals surface area contributed by atoms with E-state index in [0.29, 0.717) is 5.25 Å². The van der Waals surface area contributed by atoms with Crippen molar-refractivity contribution in [1.29, 1.82) is 0 Å². The molecule has 6 heteroatoms. The molecule has 0 aromatic heterocycles. The maximum absolute atomic E-state index is 12.3. The van der Waals surface area contributed by atoms with Crippen LogP contribution < -0.4 is 5.32 Å². The molecular formula is C14H26N2O3S. The highest BCUT2D eigenvalue weighted by Gasteiger charge is 2.27. The highest BCUT2D eigenvalue weighted by Crippen LogP contribution is 2.27. The highest BCUT2D eigenvalue weighted by atomic mass is 32.2. The Morgan fingerprint density at radius 3 is 2.70 bits per heavy atom. The van der Waals surface area contributed by atoms with E-state index in [1.807, 2.05) is 25.6 Å². The quantitative estimate of drug-likeness (QED) is 0.791. The van der Waals surface area contributed by atoms with E-state index in [1.54, 1.807) is 0 Å². The molecule has 0 bridgehead atoms. The van der Waals surface area contributed by atoms with Crippen molar-refractivity contribution in [2.75, 3.05) is 12.8 Å². The largest absolute Gasteiger partial charge is 0.480 e. The Morgan fingerprint density at radius 1 is 1.45 bits per heavy atom. The molecule has 1 aliphatic rings. The van der Waals surface area contributed by atoms with E-state index in [-0.39, 0.29) is 24.7 Å². The average molecular weight is 302 g/mol. The van der Waals surface area contributed by atoms with Crippen molar-refractivity contribution in [1.82, 2.24) is 10.2 Å². The molecular weight excluding hydrogens is 276 g/mol. The number of carboxylic acid groups (broad SMARTS) is 1. The zero-order valence-electron chi connectivity index (χ0n) is 12.6. The Bertz CT molecular complexity index is 338. The van der Waals surface area contributed by atoms with Gasteiger partial charge in [0, 0.05) is 17.3 Å². The van der Waals surface area contributed by atoms with Gasteiger partial charge in [0.25, 0.3) is 0 Å². The van der Waals surface area contributed by atoms with E-state index in [2.05, 4.69) is 11.6 Å². The lowest BCUT2D eigenvalue weighted by Crippen LogP contribution is -2.51. The van der Waals surface area contributed by atoms with Gasteiger partial charge in [-0.3, -0.25) is 4.79 Å². The van der Waals surface area contributed by atoms with Crippen molar-refractivity contribution in [3.63, 3.8) is 0 Å². The number of aliphatic carboxylic acids is 1. The molecule has 0 saturated heterocycles. The van der Waals surface area contributed by atoms with Crippen LogP contribution in [0, 0.1) is 0 Å². The molecule has 1 aliphatic carbocycles. The van der Waals surface area contributed by atoms with Crippen LogP contribution in [0.1, 0.15) is 46.0 Å². The number of rotatable bonds is 6. The lowest BCUT2D eigenvalue weighted by atomic mass is 9.95. The number of carbonyl (C=O) groups excluding carboxylic acids is 1. The van der Waals surface area contributed by atoms with E-state index in [9.17, 15) is 9.59 Å². The number of urea groups is 1. The number of hydrogen-bond donors (Lipinski definition) is 2. The number of amides is 2. The van der Waals surface area contributed by atoms with Crippen LogP contribution >= 0.6 is 11.8 Å². The minimum atomic E-state index is -0.967. The zero-order valence-corrected chi connectivity index (χ0v) is 13.4. The fourth-order valence-electron chi connectivity index (χ4n) is 2.54. The lowest BCUT2D eigenvalue weighted by molar-refractivity contribution is -0.138. The van der Waals surface area contributed by atoms with Gasteiger partial charge in [-0.15, -0.1) is 0 Å². The molecule has 3 unspecified atom stereocenters. The maximum atomic E-state index is 12.3. The summed E-state index contributed by atoms with van der Waals surface area (Å²) in [5.74, 6) is -0.967. The van der Waals surface area contributed by atoms with E-state index >= 15 is 0 Å². The van der Waals surface area contributed by atoms with Crippen LogP contribution in [0.3, 0.4) is 0 Å². The van der Waals surface area contributed by atoms with Gasteiger partial charge >= 0.3 is 12.0 Å². The van der Waals surface area contributed by atoms with Gasteiger partial charge in [-0.25, -0.2) is 4.79 Å². The molecule has 116 valence electrons. The third kappa shape index (κ3) is 5.23. The van der Waals surface area contributed by atoms with Crippen LogP contribution in [-0.2, 0) is 4.79 Å². The van der Waals surface area contributed by atoms with E-state index in [0.717, 1.165) is 25.7 Å². The first-order chi connectivity index (χ1) is 9.47. The summed E-state index contributed by atoms with van der Waals surface area (Å²) in [6.45, 7) is 3.60. The molecule has 3 atom stereocenters. The summed E-state index contributed by atoms with van der Waals surface area (Å²) in [4.78, 5) is 24.6. The minimum absolute atomic E-state index is 0.0639. The summed E-state index contributed by atoms with van der Waals surface area (Å²) < 4.78 is 0. The van der Waals surface area contributed by atoms with Crippen molar-refractivity contribution in [2.45, 2.75) is 63.3 Å². The van der Waals surface area contributed by atoms with Crippen molar-refractivity contribution in [2.24, 2.45) is 0 Å². The first kappa shape index (κ1) is 17.1. The zero-order chi connectivity index (χ0) is 15.1. The summed E-state index contributed by atoms with van der Waals surface area (Å²) in [7, 11) is 0. The van der Waals surface area contributed by atoms with Crippen molar-refractivity contribution in [3.05, 3.63) is 0 Å². The molecule has 0 aliphatic heterocycles. The number of carbonyl (C=O) groups is 2. The Labute approximate surface area is 125 Å². The van der Waals surface area contributed by atoms with Crippen LogP contribution in [0.2, 0.25) is 0 Å². The number of hydrogen-bond acceptors (Lipinski definition) is 3. The van der Waals surface area contributed by atoms with E-state index in [4.69, 9.17) is 5.11 Å². The molecule has 0 aromatic rings. The SMILES string of the molecule is CCC(C)N(CC(=O)O)C(=O)NC1CCCC(SC)C1. The third-order valence-corrected chi connectivity index (χ3v) is 5.07. The second kappa shape index (κ2) is 8.39. The predicted octanol–water partition coefficient (Wildman–Crippen LogP) is 2.56. The second-order valence-corrected chi connectivity index (χ2v) is 6.59. The first-order valence-corrected chi connectivity index (χ1v) is 8.58. The van der Waals surface area contributed by atoms with Gasteiger partial charge in [0.15, 0.2) is 0 Å². The summed E-state index contributed by atoms with van der Waals surface area (Å²) in [5, 5.41) is 12.6. The Kier molecular flexibility index (Phi) is 7.19. The number of carboxylic acids is 1. The van der Waals surface area contributed by atoms with Gasteiger partial charge in [0.05, 0.1) is 0 Å². The van der Waals surface area contributed by atoms with E-state index < -0.39 is 5.97 Å². The molecule has 20 heavy (non-hydrogen) atoms. The molecule has 0 radical (unpaired) electrons. The monoisotopic (exact) mass is 302 g/mol. The number of thioether (sulfide) groups is 1. The minimum Gasteiger partial charge on any atom is -0.480 e. The van der Waals surface area contributed by atoms with Gasteiger partial charge < -0.3 is 15.3 Å². The normalized spacial score (nSPS) is 23.9. The van der Waals surface area contributed by atoms with Crippen molar-refractivity contribution in [3.8, 4) is 0 Å². The maximum Gasteiger partial charge on any atom is 0.323 e. The van der Waals surface area contributed by atoms with E-state index in [1.165, 1.54) is 11.3 Å². The average Bonchev–Trinajstić information content (AvgIpc) is 2.43. The van der Waals surface area contributed by atoms with Gasteiger partial charge in [-0.05, 0) is 38.9 Å². The van der Waals surface area contributed by atoms with Crippen LogP contribution in [0.5, 0.6) is 0 Å². The summed E-state index contributed by atoms with van der Waals surface area (Å²) in [5.41, 5.74) is 0. The lowest BCUT2D eigenvalue weighted by Gasteiger charge is -2.33. The number of nitrogens with zero attached hydrogens (tertiary/aromatic N) is 1. The summed E-state index contributed by atoms with van der Waals surface area (Å²) >= 11 is 1.85. The third-order valence-electron chi connectivity index (χ3n) is 3.98.